The average Bonchev–Trinajstić information content (AvgIpc) is 2.74. The van der Waals surface area contributed by atoms with E-state index in [2.05, 4.69) is 29.3 Å². The molecule has 4 heteroatoms. The van der Waals surface area contributed by atoms with Crippen molar-refractivity contribution in [3.63, 3.8) is 0 Å². The molecule has 0 aliphatic heterocycles. The molecule has 3 aromatic carbocycles. The summed E-state index contributed by atoms with van der Waals surface area (Å²) < 4.78 is 13.3. The molecule has 3 rings (SSSR count). The first-order valence-electron chi connectivity index (χ1n) is 9.89. The topological polar surface area (TPSA) is 29.1 Å². The Morgan fingerprint density at radius 2 is 1.80 bits per heavy atom. The monoisotopic (exact) mass is 419 g/mol. The summed E-state index contributed by atoms with van der Waals surface area (Å²) in [6, 6.07) is 22.2. The van der Waals surface area contributed by atoms with E-state index < -0.39 is 5.82 Å². The zero-order valence-corrected chi connectivity index (χ0v) is 17.5. The molecule has 0 heterocycles. The van der Waals surface area contributed by atoms with Crippen LogP contribution in [0.3, 0.4) is 0 Å². The highest BCUT2D eigenvalue weighted by Crippen LogP contribution is 2.16. The van der Waals surface area contributed by atoms with Crippen LogP contribution in [0.4, 0.5) is 4.39 Å². The van der Waals surface area contributed by atoms with Crippen LogP contribution in [0.2, 0.25) is 5.02 Å². The van der Waals surface area contributed by atoms with Gasteiger partial charge in [0.2, 0.25) is 0 Å². The second-order valence-electron chi connectivity index (χ2n) is 7.20. The largest absolute Gasteiger partial charge is 0.349 e. The molecule has 0 fully saturated rings. The molecule has 0 aliphatic carbocycles. The number of benzene rings is 3. The molecule has 1 N–H and O–H groups in total. The fourth-order valence-corrected chi connectivity index (χ4v) is 3.32. The summed E-state index contributed by atoms with van der Waals surface area (Å²) in [5, 5.41) is 2.86. The van der Waals surface area contributed by atoms with Crippen LogP contribution >= 0.6 is 11.6 Å². The fourth-order valence-electron chi connectivity index (χ4n) is 3.14. The van der Waals surface area contributed by atoms with E-state index in [1.54, 1.807) is 0 Å². The van der Waals surface area contributed by atoms with Crippen LogP contribution in [0, 0.1) is 17.7 Å². The smallest absolute Gasteiger partial charge is 0.251 e. The van der Waals surface area contributed by atoms with Crippen molar-refractivity contribution in [2.45, 2.75) is 32.2 Å². The molecule has 0 bridgehead atoms. The van der Waals surface area contributed by atoms with Crippen LogP contribution < -0.4 is 5.32 Å². The summed E-state index contributed by atoms with van der Waals surface area (Å²) in [5.74, 6) is 5.63. The highest BCUT2D eigenvalue weighted by molar-refractivity contribution is 6.31. The number of halogens is 2. The fraction of sp³-hybridized carbons (Fsp3) is 0.192. The van der Waals surface area contributed by atoms with Gasteiger partial charge < -0.3 is 5.32 Å². The molecular weight excluding hydrogens is 397 g/mol. The van der Waals surface area contributed by atoms with Crippen LogP contribution in [0.25, 0.3) is 0 Å². The standard InChI is InChI=1S/C26H23ClFNO/c1-19(29-26(30)23-14-15-25(28)24(27)18-23)16-22-13-7-12-21(17-22)11-6-5-10-20-8-3-2-4-9-20/h2-4,7-9,12-15,17-19H,5,10,16H2,1H3,(H,29,30). The third-order valence-corrected chi connectivity index (χ3v) is 4.93. The molecule has 0 radical (unpaired) electrons. The number of carbonyl (C=O) groups is 1. The third kappa shape index (κ3) is 6.47. The summed E-state index contributed by atoms with van der Waals surface area (Å²) >= 11 is 5.76. The Labute approximate surface area is 182 Å². The number of hydrogen-bond acceptors (Lipinski definition) is 1. The SMILES string of the molecule is CC(Cc1cccc(C#CCCc2ccccc2)c1)NC(=O)c1ccc(F)c(Cl)c1. The molecule has 0 spiro atoms. The van der Waals surface area contributed by atoms with Gasteiger partial charge in [-0.25, -0.2) is 4.39 Å². The number of amides is 1. The lowest BCUT2D eigenvalue weighted by molar-refractivity contribution is 0.0940. The van der Waals surface area contributed by atoms with Gasteiger partial charge in [-0.2, -0.15) is 0 Å². The maximum atomic E-state index is 13.3. The van der Waals surface area contributed by atoms with Crippen LogP contribution in [0.1, 0.15) is 40.4 Å². The van der Waals surface area contributed by atoms with Crippen molar-refractivity contribution in [2.75, 3.05) is 0 Å². The predicted octanol–water partition coefficient (Wildman–Crippen LogP) is 5.82. The van der Waals surface area contributed by atoms with Gasteiger partial charge >= 0.3 is 0 Å². The van der Waals surface area contributed by atoms with E-state index in [4.69, 9.17) is 11.6 Å². The Morgan fingerprint density at radius 3 is 2.57 bits per heavy atom. The molecule has 3 aromatic rings. The lowest BCUT2D eigenvalue weighted by atomic mass is 10.0. The Morgan fingerprint density at radius 1 is 1.03 bits per heavy atom. The van der Waals surface area contributed by atoms with E-state index in [1.165, 1.54) is 23.8 Å². The summed E-state index contributed by atoms with van der Waals surface area (Å²) in [5.41, 5.74) is 3.68. The van der Waals surface area contributed by atoms with Gasteiger partial charge in [0.05, 0.1) is 5.02 Å². The molecule has 1 atom stereocenters. The summed E-state index contributed by atoms with van der Waals surface area (Å²) in [7, 11) is 0. The molecule has 0 saturated carbocycles. The number of carbonyl (C=O) groups excluding carboxylic acids is 1. The lowest BCUT2D eigenvalue weighted by Crippen LogP contribution is -2.34. The molecule has 0 aromatic heterocycles. The van der Waals surface area contributed by atoms with Crippen molar-refractivity contribution in [3.05, 3.63) is 106 Å². The molecule has 1 amide bonds. The highest BCUT2D eigenvalue weighted by atomic mass is 35.5. The molecule has 30 heavy (non-hydrogen) atoms. The number of hydrogen-bond donors (Lipinski definition) is 1. The first kappa shape index (κ1) is 21.6. The average molecular weight is 420 g/mol. The van der Waals surface area contributed by atoms with Crippen molar-refractivity contribution in [3.8, 4) is 11.8 Å². The minimum Gasteiger partial charge on any atom is -0.349 e. The molecular formula is C26H23ClFNO. The zero-order chi connectivity index (χ0) is 21.3. The first-order valence-corrected chi connectivity index (χ1v) is 10.3. The van der Waals surface area contributed by atoms with Gasteiger partial charge in [-0.3, -0.25) is 4.79 Å². The maximum absolute atomic E-state index is 13.3. The van der Waals surface area contributed by atoms with Gasteiger partial charge in [0.1, 0.15) is 5.82 Å². The summed E-state index contributed by atoms with van der Waals surface area (Å²) in [6.45, 7) is 1.93. The van der Waals surface area contributed by atoms with Gasteiger partial charge in [-0.05, 0) is 61.2 Å². The number of aryl methyl sites for hydroxylation is 1. The van der Waals surface area contributed by atoms with Gasteiger partial charge in [0.25, 0.3) is 5.91 Å². The van der Waals surface area contributed by atoms with Crippen LogP contribution in [-0.2, 0) is 12.8 Å². The van der Waals surface area contributed by atoms with Gasteiger partial charge in [-0.1, -0.05) is 65.9 Å². The molecule has 1 unspecified atom stereocenters. The summed E-state index contributed by atoms with van der Waals surface area (Å²) in [6.07, 6.45) is 2.41. The quantitative estimate of drug-likeness (QED) is 0.501. The highest BCUT2D eigenvalue weighted by Gasteiger charge is 2.12. The Bertz CT molecular complexity index is 1070. The van der Waals surface area contributed by atoms with Gasteiger partial charge in [0.15, 0.2) is 0 Å². The minimum atomic E-state index is -0.539. The van der Waals surface area contributed by atoms with E-state index in [9.17, 15) is 9.18 Å². The van der Waals surface area contributed by atoms with Gasteiger partial charge in [0, 0.05) is 23.6 Å². The Kier molecular flexibility index (Phi) is 7.65. The van der Waals surface area contributed by atoms with Crippen molar-refractivity contribution >= 4 is 17.5 Å². The second kappa shape index (κ2) is 10.6. The first-order chi connectivity index (χ1) is 14.5. The Balaban J connectivity index is 1.54. The normalized spacial score (nSPS) is 11.3. The second-order valence-corrected chi connectivity index (χ2v) is 7.60. The van der Waals surface area contributed by atoms with Crippen molar-refractivity contribution < 1.29 is 9.18 Å². The Hall–Kier alpha value is -3.09. The zero-order valence-electron chi connectivity index (χ0n) is 16.8. The molecule has 152 valence electrons. The van der Waals surface area contributed by atoms with Crippen molar-refractivity contribution in [2.24, 2.45) is 0 Å². The number of rotatable bonds is 6. The maximum Gasteiger partial charge on any atom is 0.251 e. The molecule has 0 aliphatic rings. The van der Waals surface area contributed by atoms with E-state index in [0.717, 1.165) is 24.0 Å². The van der Waals surface area contributed by atoms with E-state index in [-0.39, 0.29) is 17.0 Å². The molecule has 0 saturated heterocycles. The molecule has 2 nitrogen and oxygen atoms in total. The van der Waals surface area contributed by atoms with E-state index >= 15 is 0 Å². The van der Waals surface area contributed by atoms with E-state index in [0.29, 0.717) is 12.0 Å². The predicted molar refractivity (Wildman–Crippen MR) is 120 cm³/mol. The van der Waals surface area contributed by atoms with E-state index in [1.807, 2.05) is 49.4 Å². The number of nitrogens with one attached hydrogen (secondary N) is 1. The third-order valence-electron chi connectivity index (χ3n) is 4.64. The minimum absolute atomic E-state index is 0.0613. The lowest BCUT2D eigenvalue weighted by Gasteiger charge is -2.14. The van der Waals surface area contributed by atoms with Crippen LogP contribution in [0.15, 0.2) is 72.8 Å². The van der Waals surface area contributed by atoms with Crippen LogP contribution in [0.5, 0.6) is 0 Å². The van der Waals surface area contributed by atoms with Crippen molar-refractivity contribution in [1.29, 1.82) is 0 Å². The van der Waals surface area contributed by atoms with Crippen LogP contribution in [-0.4, -0.2) is 11.9 Å². The van der Waals surface area contributed by atoms with Gasteiger partial charge in [-0.15, -0.1) is 0 Å². The summed E-state index contributed by atoms with van der Waals surface area (Å²) in [4.78, 5) is 12.4. The van der Waals surface area contributed by atoms with Crippen molar-refractivity contribution in [1.82, 2.24) is 5.32 Å².